The van der Waals surface area contributed by atoms with Gasteiger partial charge in [-0.25, -0.2) is 4.39 Å². The highest BCUT2D eigenvalue weighted by molar-refractivity contribution is 6.30. The van der Waals surface area contributed by atoms with Crippen LogP contribution in [0.25, 0.3) is 0 Å². The van der Waals surface area contributed by atoms with Crippen molar-refractivity contribution in [2.75, 3.05) is 13.1 Å². The number of nitrogens with one attached hydrogen (secondary N) is 1. The maximum absolute atomic E-state index is 13.4. The third-order valence-corrected chi connectivity index (χ3v) is 3.35. The third-order valence-electron chi connectivity index (χ3n) is 3.05. The molecule has 0 saturated carbocycles. The zero-order valence-electron chi connectivity index (χ0n) is 11.9. The van der Waals surface area contributed by atoms with Crippen LogP contribution in [0.5, 0.6) is 0 Å². The number of nitrogens with zero attached hydrogens (tertiary/aromatic N) is 1. The third kappa shape index (κ3) is 5.69. The van der Waals surface area contributed by atoms with Gasteiger partial charge in [-0.3, -0.25) is 14.5 Å². The summed E-state index contributed by atoms with van der Waals surface area (Å²) in [6.07, 6.45) is 0. The number of benzene rings is 1. The Bertz CT molecular complexity index is 525. The fraction of sp³-hybridized carbons (Fsp3) is 0.429. The molecular formula is C14H18ClFN2O3. The van der Waals surface area contributed by atoms with Gasteiger partial charge in [-0.05, 0) is 24.6 Å². The van der Waals surface area contributed by atoms with Gasteiger partial charge in [0.05, 0.1) is 5.02 Å². The van der Waals surface area contributed by atoms with Crippen molar-refractivity contribution in [1.29, 1.82) is 0 Å². The molecule has 0 aromatic heterocycles. The molecule has 0 aliphatic heterocycles. The van der Waals surface area contributed by atoms with Crippen LogP contribution in [0.1, 0.15) is 19.4 Å². The molecular weight excluding hydrogens is 299 g/mol. The highest BCUT2D eigenvalue weighted by atomic mass is 35.5. The summed E-state index contributed by atoms with van der Waals surface area (Å²) >= 11 is 5.62. The van der Waals surface area contributed by atoms with E-state index in [9.17, 15) is 14.0 Å². The topological polar surface area (TPSA) is 69.6 Å². The van der Waals surface area contributed by atoms with E-state index >= 15 is 0 Å². The van der Waals surface area contributed by atoms with Gasteiger partial charge in [0.25, 0.3) is 0 Å². The Morgan fingerprint density at radius 3 is 2.67 bits per heavy atom. The van der Waals surface area contributed by atoms with E-state index in [0.29, 0.717) is 18.7 Å². The van der Waals surface area contributed by atoms with Gasteiger partial charge in [-0.1, -0.05) is 17.7 Å². The molecule has 0 radical (unpaired) electrons. The summed E-state index contributed by atoms with van der Waals surface area (Å²) in [6, 6.07) is 3.61. The molecule has 1 aromatic carbocycles. The van der Waals surface area contributed by atoms with E-state index in [0.717, 1.165) is 0 Å². The fourth-order valence-electron chi connectivity index (χ4n) is 1.81. The molecule has 0 aliphatic rings. The molecule has 5 nitrogen and oxygen atoms in total. The normalized spacial score (nSPS) is 12.2. The van der Waals surface area contributed by atoms with Crippen LogP contribution in [0.3, 0.4) is 0 Å². The van der Waals surface area contributed by atoms with E-state index < -0.39 is 17.8 Å². The van der Waals surface area contributed by atoms with Crippen molar-refractivity contribution in [3.05, 3.63) is 34.6 Å². The van der Waals surface area contributed by atoms with Crippen molar-refractivity contribution in [2.45, 2.75) is 26.4 Å². The van der Waals surface area contributed by atoms with Crippen molar-refractivity contribution in [3.63, 3.8) is 0 Å². The van der Waals surface area contributed by atoms with Crippen LogP contribution < -0.4 is 5.32 Å². The standard InChI is InChI=1S/C14H18ClFN2O3/c1-9(14(20)21)18(6-5-17-10(2)19)8-11-3-4-12(15)13(16)7-11/h3-4,7,9H,5-6,8H2,1-2H3,(H,17,19)(H,20,21). The lowest BCUT2D eigenvalue weighted by atomic mass is 10.1. The van der Waals surface area contributed by atoms with Crippen LogP contribution in [0, 0.1) is 5.82 Å². The Morgan fingerprint density at radius 1 is 1.48 bits per heavy atom. The monoisotopic (exact) mass is 316 g/mol. The summed E-state index contributed by atoms with van der Waals surface area (Å²) in [7, 11) is 0. The first-order chi connectivity index (χ1) is 9.81. The van der Waals surface area contributed by atoms with E-state index in [4.69, 9.17) is 16.7 Å². The number of halogens is 2. The molecule has 1 unspecified atom stereocenters. The van der Waals surface area contributed by atoms with Crippen LogP contribution >= 0.6 is 11.6 Å². The lowest BCUT2D eigenvalue weighted by Gasteiger charge is -2.26. The summed E-state index contributed by atoms with van der Waals surface area (Å²) in [5, 5.41) is 11.7. The summed E-state index contributed by atoms with van der Waals surface area (Å²) in [6.45, 7) is 3.85. The second kappa shape index (κ2) is 7.95. The van der Waals surface area contributed by atoms with Gasteiger partial charge >= 0.3 is 5.97 Å². The van der Waals surface area contributed by atoms with Crippen LogP contribution in [0.15, 0.2) is 18.2 Å². The lowest BCUT2D eigenvalue weighted by Crippen LogP contribution is -2.42. The Hall–Kier alpha value is -1.66. The molecule has 1 aromatic rings. The zero-order valence-corrected chi connectivity index (χ0v) is 12.7. The molecule has 1 rings (SSSR count). The second-order valence-electron chi connectivity index (χ2n) is 4.72. The van der Waals surface area contributed by atoms with Gasteiger partial charge in [-0.2, -0.15) is 0 Å². The highest BCUT2D eigenvalue weighted by Crippen LogP contribution is 2.17. The van der Waals surface area contributed by atoms with Crippen molar-refractivity contribution in [3.8, 4) is 0 Å². The number of aliphatic carboxylic acids is 1. The minimum absolute atomic E-state index is 0.0230. The largest absolute Gasteiger partial charge is 0.480 e. The van der Waals surface area contributed by atoms with Gasteiger partial charge in [-0.15, -0.1) is 0 Å². The lowest BCUT2D eigenvalue weighted by molar-refractivity contribution is -0.142. The maximum atomic E-state index is 13.4. The number of amides is 1. The predicted octanol–water partition coefficient (Wildman–Crippen LogP) is 1.89. The molecule has 0 spiro atoms. The molecule has 0 aliphatic carbocycles. The van der Waals surface area contributed by atoms with Crippen LogP contribution in [0.4, 0.5) is 4.39 Å². The molecule has 0 bridgehead atoms. The molecule has 0 saturated heterocycles. The van der Waals surface area contributed by atoms with Crippen LogP contribution in [0.2, 0.25) is 5.02 Å². The van der Waals surface area contributed by atoms with E-state index in [-0.39, 0.29) is 17.5 Å². The van der Waals surface area contributed by atoms with E-state index in [1.54, 1.807) is 17.9 Å². The SMILES string of the molecule is CC(=O)NCCN(Cc1ccc(Cl)c(F)c1)C(C)C(=O)O. The number of carboxylic acids is 1. The van der Waals surface area contributed by atoms with Crippen molar-refractivity contribution >= 4 is 23.5 Å². The number of hydrogen-bond donors (Lipinski definition) is 2. The minimum atomic E-state index is -0.979. The molecule has 0 heterocycles. The van der Waals surface area contributed by atoms with Gasteiger partial charge in [0.2, 0.25) is 5.91 Å². The maximum Gasteiger partial charge on any atom is 0.320 e. The van der Waals surface area contributed by atoms with Gasteiger partial charge in [0.1, 0.15) is 11.9 Å². The highest BCUT2D eigenvalue weighted by Gasteiger charge is 2.20. The first-order valence-electron chi connectivity index (χ1n) is 6.46. The van der Waals surface area contributed by atoms with E-state index in [2.05, 4.69) is 5.32 Å². The smallest absolute Gasteiger partial charge is 0.320 e. The van der Waals surface area contributed by atoms with Crippen molar-refractivity contribution in [2.24, 2.45) is 0 Å². The first-order valence-corrected chi connectivity index (χ1v) is 6.84. The number of rotatable bonds is 7. The van der Waals surface area contributed by atoms with E-state index in [1.807, 2.05) is 0 Å². The molecule has 21 heavy (non-hydrogen) atoms. The summed E-state index contributed by atoms with van der Waals surface area (Å²) in [5.41, 5.74) is 0.618. The Balaban J connectivity index is 2.77. The average Bonchev–Trinajstić information content (AvgIpc) is 2.40. The minimum Gasteiger partial charge on any atom is -0.480 e. The Kier molecular flexibility index (Phi) is 6.58. The van der Waals surface area contributed by atoms with Crippen LogP contribution in [-0.4, -0.2) is 41.0 Å². The van der Waals surface area contributed by atoms with Gasteiger partial charge < -0.3 is 10.4 Å². The summed E-state index contributed by atoms with van der Waals surface area (Å²) in [5.74, 6) is -1.71. The van der Waals surface area contributed by atoms with Crippen molar-refractivity contribution < 1.29 is 19.1 Å². The molecule has 0 fully saturated rings. The fourth-order valence-corrected chi connectivity index (χ4v) is 1.93. The van der Waals surface area contributed by atoms with Gasteiger partial charge in [0, 0.05) is 26.6 Å². The molecule has 116 valence electrons. The quantitative estimate of drug-likeness (QED) is 0.806. The van der Waals surface area contributed by atoms with Crippen LogP contribution in [-0.2, 0) is 16.1 Å². The summed E-state index contributed by atoms with van der Waals surface area (Å²) < 4.78 is 13.4. The Labute approximate surface area is 127 Å². The second-order valence-corrected chi connectivity index (χ2v) is 5.12. The van der Waals surface area contributed by atoms with Gasteiger partial charge in [0.15, 0.2) is 0 Å². The summed E-state index contributed by atoms with van der Waals surface area (Å²) in [4.78, 5) is 23.6. The molecule has 1 atom stereocenters. The Morgan fingerprint density at radius 2 is 2.14 bits per heavy atom. The first kappa shape index (κ1) is 17.4. The molecule has 7 heteroatoms. The number of carbonyl (C=O) groups is 2. The number of hydrogen-bond acceptors (Lipinski definition) is 3. The average molecular weight is 317 g/mol. The number of carbonyl (C=O) groups excluding carboxylic acids is 1. The molecule has 2 N–H and O–H groups in total. The predicted molar refractivity (Wildman–Crippen MR) is 77.6 cm³/mol. The van der Waals surface area contributed by atoms with E-state index in [1.165, 1.54) is 19.1 Å². The molecule has 1 amide bonds. The number of carboxylic acid groups (broad SMARTS) is 1. The zero-order chi connectivity index (χ0) is 16.0. The van der Waals surface area contributed by atoms with Crippen molar-refractivity contribution in [1.82, 2.24) is 10.2 Å².